The first-order valence-corrected chi connectivity index (χ1v) is 7.42. The van der Waals surface area contributed by atoms with Crippen LogP contribution in [0.4, 0.5) is 0 Å². The molecule has 3 aromatic rings. The lowest BCUT2D eigenvalue weighted by molar-refractivity contribution is 0.0528. The number of carbonyl (C=O) groups is 2. The summed E-state index contributed by atoms with van der Waals surface area (Å²) in [6.07, 6.45) is 2.96. The number of esters is 1. The van der Waals surface area contributed by atoms with Crippen LogP contribution in [-0.4, -0.2) is 33.0 Å². The van der Waals surface area contributed by atoms with E-state index in [4.69, 9.17) is 4.74 Å². The van der Waals surface area contributed by atoms with Gasteiger partial charge in [0.2, 0.25) is 5.78 Å². The number of H-pyrrole nitrogens is 1. The lowest BCUT2D eigenvalue weighted by atomic mass is 10.0. The van der Waals surface area contributed by atoms with E-state index in [1.54, 1.807) is 32.0 Å². The SMILES string of the molecule is CCOC(=O)c1c(C)c(C(=O)c2ccc[nH]c2=O)n2ncccc12. The van der Waals surface area contributed by atoms with Crippen molar-refractivity contribution in [1.29, 1.82) is 0 Å². The average Bonchev–Trinajstić information content (AvgIpc) is 2.87. The Labute approximate surface area is 136 Å². The van der Waals surface area contributed by atoms with Gasteiger partial charge in [0.25, 0.3) is 5.56 Å². The van der Waals surface area contributed by atoms with Gasteiger partial charge >= 0.3 is 5.97 Å². The Hall–Kier alpha value is -3.22. The highest BCUT2D eigenvalue weighted by Crippen LogP contribution is 2.24. The van der Waals surface area contributed by atoms with E-state index in [0.29, 0.717) is 11.1 Å². The van der Waals surface area contributed by atoms with Crippen LogP contribution in [0.2, 0.25) is 0 Å². The molecule has 0 aliphatic carbocycles. The van der Waals surface area contributed by atoms with Crippen LogP contribution in [0, 0.1) is 6.92 Å². The van der Waals surface area contributed by atoms with Crippen molar-refractivity contribution in [2.24, 2.45) is 0 Å². The number of ketones is 1. The molecule has 24 heavy (non-hydrogen) atoms. The Morgan fingerprint density at radius 1 is 1.29 bits per heavy atom. The largest absolute Gasteiger partial charge is 0.462 e. The molecule has 0 radical (unpaired) electrons. The summed E-state index contributed by atoms with van der Waals surface area (Å²) in [6.45, 7) is 3.57. The van der Waals surface area contributed by atoms with E-state index in [1.165, 1.54) is 23.0 Å². The molecule has 0 amide bonds. The lowest BCUT2D eigenvalue weighted by Gasteiger charge is -2.02. The van der Waals surface area contributed by atoms with Crippen molar-refractivity contribution in [1.82, 2.24) is 14.6 Å². The van der Waals surface area contributed by atoms with Crippen LogP contribution in [0.5, 0.6) is 0 Å². The van der Waals surface area contributed by atoms with Crippen LogP contribution in [0.25, 0.3) is 5.52 Å². The summed E-state index contributed by atoms with van der Waals surface area (Å²) >= 11 is 0. The Kier molecular flexibility index (Phi) is 3.99. The fraction of sp³-hybridized carbons (Fsp3) is 0.176. The maximum atomic E-state index is 12.9. The molecule has 0 aromatic carbocycles. The number of nitrogens with zero attached hydrogens (tertiary/aromatic N) is 2. The fourth-order valence-corrected chi connectivity index (χ4v) is 2.66. The van der Waals surface area contributed by atoms with Crippen LogP contribution < -0.4 is 5.56 Å². The molecular weight excluding hydrogens is 310 g/mol. The van der Waals surface area contributed by atoms with Crippen molar-refractivity contribution in [3.8, 4) is 0 Å². The Morgan fingerprint density at radius 2 is 2.08 bits per heavy atom. The molecule has 0 bridgehead atoms. The number of aromatic amines is 1. The Bertz CT molecular complexity index is 1000. The van der Waals surface area contributed by atoms with E-state index < -0.39 is 17.3 Å². The van der Waals surface area contributed by atoms with Crippen molar-refractivity contribution < 1.29 is 14.3 Å². The van der Waals surface area contributed by atoms with Gasteiger partial charge in [0.1, 0.15) is 5.69 Å². The second kappa shape index (κ2) is 6.11. The van der Waals surface area contributed by atoms with E-state index in [9.17, 15) is 14.4 Å². The summed E-state index contributed by atoms with van der Waals surface area (Å²) in [6, 6.07) is 6.35. The van der Waals surface area contributed by atoms with Gasteiger partial charge in [-0.15, -0.1) is 0 Å². The van der Waals surface area contributed by atoms with Gasteiger partial charge in [-0.25, -0.2) is 9.31 Å². The highest BCUT2D eigenvalue weighted by atomic mass is 16.5. The summed E-state index contributed by atoms with van der Waals surface area (Å²) in [5.41, 5.74) is 0.835. The second-order valence-corrected chi connectivity index (χ2v) is 5.13. The molecule has 0 spiro atoms. The summed E-state index contributed by atoms with van der Waals surface area (Å²) < 4.78 is 6.45. The molecule has 7 nitrogen and oxygen atoms in total. The molecule has 7 heteroatoms. The topological polar surface area (TPSA) is 93.5 Å². The van der Waals surface area contributed by atoms with Gasteiger partial charge in [0, 0.05) is 12.4 Å². The molecule has 0 aliphatic heterocycles. The summed E-state index contributed by atoms with van der Waals surface area (Å²) in [7, 11) is 0. The van der Waals surface area contributed by atoms with Crippen molar-refractivity contribution in [3.63, 3.8) is 0 Å². The molecule has 122 valence electrons. The van der Waals surface area contributed by atoms with Crippen LogP contribution in [0.1, 0.15) is 38.9 Å². The number of fused-ring (bicyclic) bond motifs is 1. The molecule has 0 saturated heterocycles. The monoisotopic (exact) mass is 325 g/mol. The molecule has 0 fully saturated rings. The number of nitrogens with one attached hydrogen (secondary N) is 1. The predicted octanol–water partition coefficient (Wildman–Crippen LogP) is 1.74. The number of hydrogen-bond acceptors (Lipinski definition) is 5. The molecule has 1 N–H and O–H groups in total. The normalized spacial score (nSPS) is 10.8. The third-order valence-electron chi connectivity index (χ3n) is 3.71. The van der Waals surface area contributed by atoms with Gasteiger partial charge < -0.3 is 9.72 Å². The maximum Gasteiger partial charge on any atom is 0.340 e. The van der Waals surface area contributed by atoms with Crippen LogP contribution >= 0.6 is 0 Å². The summed E-state index contributed by atoms with van der Waals surface area (Å²) in [5, 5.41) is 4.16. The number of ether oxygens (including phenoxy) is 1. The number of carbonyl (C=O) groups excluding carboxylic acids is 2. The van der Waals surface area contributed by atoms with Crippen LogP contribution in [0.3, 0.4) is 0 Å². The van der Waals surface area contributed by atoms with Gasteiger partial charge in [0.05, 0.1) is 23.3 Å². The summed E-state index contributed by atoms with van der Waals surface area (Å²) in [5.74, 6) is -1.03. The third kappa shape index (κ3) is 2.40. The van der Waals surface area contributed by atoms with Crippen molar-refractivity contribution >= 4 is 17.3 Å². The van der Waals surface area contributed by atoms with Crippen molar-refractivity contribution in [2.75, 3.05) is 6.61 Å². The minimum atomic E-state index is -0.526. The minimum Gasteiger partial charge on any atom is -0.462 e. The first kappa shape index (κ1) is 15.7. The van der Waals surface area contributed by atoms with Gasteiger partial charge in [-0.3, -0.25) is 9.59 Å². The van der Waals surface area contributed by atoms with E-state index in [1.807, 2.05) is 0 Å². The number of rotatable bonds is 4. The Morgan fingerprint density at radius 3 is 2.79 bits per heavy atom. The zero-order valence-corrected chi connectivity index (χ0v) is 13.2. The lowest BCUT2D eigenvalue weighted by Crippen LogP contribution is -2.19. The van der Waals surface area contributed by atoms with Gasteiger partial charge in [0.15, 0.2) is 0 Å². The molecule has 3 aromatic heterocycles. The fourth-order valence-electron chi connectivity index (χ4n) is 2.66. The predicted molar refractivity (Wildman–Crippen MR) is 86.4 cm³/mol. The molecule has 3 heterocycles. The number of hydrogen-bond donors (Lipinski definition) is 1. The smallest absolute Gasteiger partial charge is 0.340 e. The minimum absolute atomic E-state index is 0.0129. The van der Waals surface area contributed by atoms with Crippen LogP contribution in [0.15, 0.2) is 41.5 Å². The van der Waals surface area contributed by atoms with Gasteiger partial charge in [-0.05, 0) is 43.7 Å². The quantitative estimate of drug-likeness (QED) is 0.582. The van der Waals surface area contributed by atoms with Crippen LogP contribution in [-0.2, 0) is 4.74 Å². The van der Waals surface area contributed by atoms with Gasteiger partial charge in [-0.2, -0.15) is 5.10 Å². The first-order valence-electron chi connectivity index (χ1n) is 7.42. The van der Waals surface area contributed by atoms with E-state index >= 15 is 0 Å². The average molecular weight is 325 g/mol. The number of pyridine rings is 1. The highest BCUT2D eigenvalue weighted by molar-refractivity contribution is 6.12. The van der Waals surface area contributed by atoms with E-state index in [0.717, 1.165) is 0 Å². The zero-order chi connectivity index (χ0) is 17.3. The molecule has 0 aliphatic rings. The van der Waals surface area contributed by atoms with Crippen molar-refractivity contribution in [3.05, 3.63) is 69.4 Å². The second-order valence-electron chi connectivity index (χ2n) is 5.13. The summed E-state index contributed by atoms with van der Waals surface area (Å²) in [4.78, 5) is 39.5. The molecule has 0 unspecified atom stereocenters. The van der Waals surface area contributed by atoms with Gasteiger partial charge in [-0.1, -0.05) is 0 Å². The molecule has 0 atom stereocenters. The zero-order valence-electron chi connectivity index (χ0n) is 13.2. The molecular formula is C17H15N3O4. The standard InChI is InChI=1S/C17H15N3O4/c1-3-24-17(23)13-10(2)14(20-12(13)7-5-9-19-20)15(21)11-6-4-8-18-16(11)22/h4-9H,3H2,1-2H3,(H,18,22). The van der Waals surface area contributed by atoms with Crippen molar-refractivity contribution in [2.45, 2.75) is 13.8 Å². The maximum absolute atomic E-state index is 12.9. The molecule has 3 rings (SSSR count). The number of aromatic nitrogens is 3. The highest BCUT2D eigenvalue weighted by Gasteiger charge is 2.27. The Balaban J connectivity index is 2.28. The van der Waals surface area contributed by atoms with E-state index in [2.05, 4.69) is 10.1 Å². The third-order valence-corrected chi connectivity index (χ3v) is 3.71. The molecule has 0 saturated carbocycles. The first-order chi connectivity index (χ1) is 11.6. The van der Waals surface area contributed by atoms with E-state index in [-0.39, 0.29) is 23.4 Å².